The fourth-order valence-corrected chi connectivity index (χ4v) is 6.38. The van der Waals surface area contributed by atoms with Crippen molar-refractivity contribution in [1.82, 2.24) is 0 Å². The van der Waals surface area contributed by atoms with E-state index in [1.54, 1.807) is 0 Å². The highest BCUT2D eigenvalue weighted by atomic mass is 31.2. The number of esters is 2. The summed E-state index contributed by atoms with van der Waals surface area (Å²) >= 11 is 0. The quantitative estimate of drug-likeness (QED) is 0.0283. The van der Waals surface area contributed by atoms with Crippen molar-refractivity contribution in [3.8, 4) is 0 Å². The van der Waals surface area contributed by atoms with Gasteiger partial charge in [0, 0.05) is 20.0 Å². The lowest BCUT2D eigenvalue weighted by Crippen LogP contribution is -2.29. The molecular formula is C46H81O8P. The van der Waals surface area contributed by atoms with Crippen LogP contribution >= 0.6 is 7.82 Å². The first-order chi connectivity index (χ1) is 26.8. The Balaban J connectivity index is 4.05. The third-order valence-electron chi connectivity index (χ3n) is 9.28. The van der Waals surface area contributed by atoms with Crippen LogP contribution in [0.2, 0.25) is 0 Å². The Bertz CT molecular complexity index is 1080. The zero-order chi connectivity index (χ0) is 40.3. The van der Waals surface area contributed by atoms with Gasteiger partial charge in [0.2, 0.25) is 0 Å². The van der Waals surface area contributed by atoms with Crippen LogP contribution in [0.5, 0.6) is 0 Å². The Morgan fingerprint density at radius 2 is 0.927 bits per heavy atom. The Hall–Kier alpha value is -2.25. The Morgan fingerprint density at radius 1 is 0.527 bits per heavy atom. The molecule has 0 radical (unpaired) electrons. The van der Waals surface area contributed by atoms with Crippen molar-refractivity contribution in [3.63, 3.8) is 0 Å². The van der Waals surface area contributed by atoms with E-state index in [4.69, 9.17) is 14.0 Å². The highest BCUT2D eigenvalue weighted by Crippen LogP contribution is 2.42. The first-order valence-electron chi connectivity index (χ1n) is 22.0. The molecule has 0 spiro atoms. The predicted molar refractivity (Wildman–Crippen MR) is 230 cm³/mol. The summed E-state index contributed by atoms with van der Waals surface area (Å²) in [6.07, 6.45) is 51.3. The molecule has 8 nitrogen and oxygen atoms in total. The highest BCUT2D eigenvalue weighted by molar-refractivity contribution is 7.47. The van der Waals surface area contributed by atoms with Crippen LogP contribution in [-0.2, 0) is 32.7 Å². The second-order valence-corrected chi connectivity index (χ2v) is 16.0. The van der Waals surface area contributed by atoms with Crippen LogP contribution in [-0.4, -0.2) is 43.3 Å². The fraction of sp³-hybridized carbons (Fsp3) is 0.739. The lowest BCUT2D eigenvalue weighted by Gasteiger charge is -2.19. The van der Waals surface area contributed by atoms with E-state index in [2.05, 4.69) is 79.1 Å². The standard InChI is InChI=1S/C46H81O8P/c1-4-6-8-10-12-14-16-18-20-22-23-25-27-29-31-33-35-37-39-41-46(48)54-44(43-53-55(49,50)51-3)42-52-45(47)40-38-36-34-32-30-28-26-24-21-19-17-15-13-11-9-7-5-2/h6,8,12,14,18,20,23,25,29,31,44H,4-5,7,9-11,13,15-17,19,21-22,24,26-28,30,32-43H2,1-3H3,(H,49,50)/b8-6-,14-12-,20-18-,25-23-,31-29-. The maximum Gasteiger partial charge on any atom is 0.472 e. The van der Waals surface area contributed by atoms with E-state index >= 15 is 0 Å². The fourth-order valence-electron chi connectivity index (χ4n) is 5.92. The van der Waals surface area contributed by atoms with Gasteiger partial charge in [-0.25, -0.2) is 4.57 Å². The topological polar surface area (TPSA) is 108 Å². The summed E-state index contributed by atoms with van der Waals surface area (Å²) in [7, 11) is -3.22. The maximum absolute atomic E-state index is 12.5. The van der Waals surface area contributed by atoms with E-state index in [0.717, 1.165) is 77.7 Å². The summed E-state index contributed by atoms with van der Waals surface area (Å²) in [6.45, 7) is 3.76. The first kappa shape index (κ1) is 52.8. The molecule has 2 atom stereocenters. The SMILES string of the molecule is CC/C=C\C/C=C\C/C=C\C/C=C\C/C=C\CCCCCC(=O)OC(COC(=O)CCCCCCCCCCCCCCCCCCC)COP(=O)(O)OC. The summed E-state index contributed by atoms with van der Waals surface area (Å²) in [5.41, 5.74) is 0. The molecule has 0 bridgehead atoms. The van der Waals surface area contributed by atoms with Gasteiger partial charge in [-0.1, -0.05) is 184 Å². The van der Waals surface area contributed by atoms with Gasteiger partial charge in [-0.05, 0) is 57.8 Å². The van der Waals surface area contributed by atoms with E-state index in [9.17, 15) is 19.0 Å². The van der Waals surface area contributed by atoms with Gasteiger partial charge < -0.3 is 14.4 Å². The molecule has 0 aromatic carbocycles. The number of phosphoric acid groups is 1. The lowest BCUT2D eigenvalue weighted by molar-refractivity contribution is -0.161. The van der Waals surface area contributed by atoms with Gasteiger partial charge in [0.15, 0.2) is 6.10 Å². The first-order valence-corrected chi connectivity index (χ1v) is 23.5. The molecule has 0 fully saturated rings. The number of rotatable bonds is 40. The molecule has 0 heterocycles. The molecule has 0 saturated carbocycles. The summed E-state index contributed by atoms with van der Waals surface area (Å²) in [4.78, 5) is 34.5. The number of allylic oxidation sites excluding steroid dienone is 10. The largest absolute Gasteiger partial charge is 0.472 e. The molecule has 0 aliphatic heterocycles. The average molecular weight is 793 g/mol. The predicted octanol–water partition coefficient (Wildman–Crippen LogP) is 13.9. The van der Waals surface area contributed by atoms with Crippen LogP contribution in [0, 0.1) is 0 Å². The number of ether oxygens (including phenoxy) is 2. The van der Waals surface area contributed by atoms with Crippen molar-refractivity contribution >= 4 is 19.8 Å². The van der Waals surface area contributed by atoms with E-state index in [1.807, 2.05) is 0 Å². The van der Waals surface area contributed by atoms with Gasteiger partial charge in [-0.2, -0.15) is 0 Å². The van der Waals surface area contributed by atoms with E-state index in [-0.39, 0.29) is 25.4 Å². The van der Waals surface area contributed by atoms with Crippen molar-refractivity contribution < 1.29 is 37.6 Å². The monoisotopic (exact) mass is 793 g/mol. The molecule has 0 aliphatic carbocycles. The minimum Gasteiger partial charge on any atom is -0.462 e. The molecule has 0 aromatic heterocycles. The van der Waals surface area contributed by atoms with Gasteiger partial charge >= 0.3 is 19.8 Å². The smallest absolute Gasteiger partial charge is 0.462 e. The minimum absolute atomic E-state index is 0.205. The molecule has 9 heteroatoms. The molecular weight excluding hydrogens is 711 g/mol. The molecule has 0 aromatic rings. The average Bonchev–Trinajstić information content (AvgIpc) is 3.18. The van der Waals surface area contributed by atoms with E-state index < -0.39 is 26.5 Å². The van der Waals surface area contributed by atoms with Crippen molar-refractivity contribution in [2.75, 3.05) is 20.3 Å². The number of carbonyl (C=O) groups excluding carboxylic acids is 2. The Kier molecular flexibility index (Phi) is 39.7. The number of unbranched alkanes of at least 4 members (excludes halogenated alkanes) is 19. The van der Waals surface area contributed by atoms with Crippen molar-refractivity contribution in [2.45, 2.75) is 200 Å². The number of hydrogen-bond acceptors (Lipinski definition) is 7. The van der Waals surface area contributed by atoms with E-state index in [0.29, 0.717) is 6.42 Å². The van der Waals surface area contributed by atoms with Crippen molar-refractivity contribution in [3.05, 3.63) is 60.8 Å². The van der Waals surface area contributed by atoms with Crippen LogP contribution in [0.15, 0.2) is 60.8 Å². The molecule has 318 valence electrons. The molecule has 0 rings (SSSR count). The zero-order valence-electron chi connectivity index (χ0n) is 35.3. The number of carbonyl (C=O) groups is 2. The molecule has 0 amide bonds. The van der Waals surface area contributed by atoms with Crippen LogP contribution in [0.25, 0.3) is 0 Å². The van der Waals surface area contributed by atoms with E-state index in [1.165, 1.54) is 89.9 Å². The second-order valence-electron chi connectivity index (χ2n) is 14.5. The number of phosphoric ester groups is 1. The molecule has 2 unspecified atom stereocenters. The van der Waals surface area contributed by atoms with Crippen molar-refractivity contribution in [1.29, 1.82) is 0 Å². The van der Waals surface area contributed by atoms with Gasteiger partial charge in [-0.3, -0.25) is 18.6 Å². The summed E-state index contributed by atoms with van der Waals surface area (Å²) in [5.74, 6) is -0.839. The third kappa shape index (κ3) is 41.2. The lowest BCUT2D eigenvalue weighted by atomic mass is 10.0. The molecule has 0 saturated heterocycles. The molecule has 0 aliphatic rings. The summed E-state index contributed by atoms with van der Waals surface area (Å²) < 4.78 is 32.0. The molecule has 1 N–H and O–H groups in total. The van der Waals surface area contributed by atoms with Crippen LogP contribution < -0.4 is 0 Å². The summed E-state index contributed by atoms with van der Waals surface area (Å²) in [6, 6.07) is 0. The maximum atomic E-state index is 12.5. The highest BCUT2D eigenvalue weighted by Gasteiger charge is 2.24. The molecule has 55 heavy (non-hydrogen) atoms. The number of hydrogen-bond donors (Lipinski definition) is 1. The Morgan fingerprint density at radius 3 is 1.38 bits per heavy atom. The van der Waals surface area contributed by atoms with Gasteiger partial charge in [0.05, 0.1) is 6.61 Å². The Labute approximate surface area is 337 Å². The van der Waals surface area contributed by atoms with Crippen LogP contribution in [0.4, 0.5) is 0 Å². The zero-order valence-corrected chi connectivity index (χ0v) is 36.2. The minimum atomic E-state index is -4.27. The third-order valence-corrected chi connectivity index (χ3v) is 10.2. The normalized spacial score (nSPS) is 13.9. The second kappa shape index (κ2) is 41.4. The van der Waals surface area contributed by atoms with Gasteiger partial charge in [-0.15, -0.1) is 0 Å². The van der Waals surface area contributed by atoms with Crippen molar-refractivity contribution in [2.24, 2.45) is 0 Å². The summed E-state index contributed by atoms with van der Waals surface area (Å²) in [5, 5.41) is 0. The van der Waals surface area contributed by atoms with Crippen LogP contribution in [0.1, 0.15) is 194 Å². The van der Waals surface area contributed by atoms with Gasteiger partial charge in [0.1, 0.15) is 6.61 Å². The van der Waals surface area contributed by atoms with Gasteiger partial charge in [0.25, 0.3) is 0 Å². The van der Waals surface area contributed by atoms with Crippen LogP contribution in [0.3, 0.4) is 0 Å².